The molecule has 0 radical (unpaired) electrons. The van der Waals surface area contributed by atoms with Crippen LogP contribution in [0.25, 0.3) is 11.2 Å². The van der Waals surface area contributed by atoms with Crippen molar-refractivity contribution in [1.82, 2.24) is 19.5 Å². The Morgan fingerprint density at radius 2 is 2.05 bits per heavy atom. The highest BCUT2D eigenvalue weighted by molar-refractivity contribution is 5.82. The van der Waals surface area contributed by atoms with Gasteiger partial charge in [-0.05, 0) is 6.92 Å². The third-order valence-corrected chi connectivity index (χ3v) is 3.85. The molecule has 0 aliphatic carbocycles. The molecule has 2 aromatic heterocycles. The van der Waals surface area contributed by atoms with Crippen LogP contribution in [0.2, 0.25) is 0 Å². The zero-order valence-electron chi connectivity index (χ0n) is 12.1. The number of aliphatic hydroxyl groups is 2. The number of aliphatic hydroxyl groups excluding tert-OH is 2. The van der Waals surface area contributed by atoms with Crippen molar-refractivity contribution in [3.05, 3.63) is 6.33 Å². The number of fused-ring (bicyclic) bond motifs is 1. The van der Waals surface area contributed by atoms with Crippen LogP contribution in [0.15, 0.2) is 6.33 Å². The van der Waals surface area contributed by atoms with Crippen LogP contribution in [0.1, 0.15) is 13.2 Å². The van der Waals surface area contributed by atoms with Crippen LogP contribution in [-0.2, 0) is 9.47 Å². The molecule has 5 atom stereocenters. The van der Waals surface area contributed by atoms with Crippen LogP contribution in [-0.4, -0.2) is 61.3 Å². The molecular weight excluding hydrogens is 292 g/mol. The zero-order chi connectivity index (χ0) is 16.0. The first-order chi connectivity index (χ1) is 10.4. The lowest BCUT2D eigenvalue weighted by atomic mass is 10.1. The molecule has 3 heterocycles. The number of nitrogens with zero attached hydrogens (tertiary/aromatic N) is 4. The highest BCUT2D eigenvalue weighted by Crippen LogP contribution is 2.33. The van der Waals surface area contributed by atoms with Gasteiger partial charge in [-0.1, -0.05) is 0 Å². The number of aromatic nitrogens is 4. The van der Waals surface area contributed by atoms with Crippen LogP contribution >= 0.6 is 0 Å². The predicted octanol–water partition coefficient (Wildman–Crippen LogP) is -1.36. The minimum Gasteiger partial charge on any atom is -0.387 e. The van der Waals surface area contributed by atoms with Crippen LogP contribution in [0.5, 0.6) is 0 Å². The van der Waals surface area contributed by atoms with E-state index in [9.17, 15) is 10.2 Å². The first-order valence-electron chi connectivity index (χ1n) is 6.74. The molecule has 0 amide bonds. The maximum atomic E-state index is 10.3. The number of imidazole rings is 1. The van der Waals surface area contributed by atoms with E-state index in [1.54, 1.807) is 6.92 Å². The van der Waals surface area contributed by atoms with Gasteiger partial charge in [-0.25, -0.2) is 4.98 Å². The lowest BCUT2D eigenvalue weighted by molar-refractivity contribution is -0.0893. The third-order valence-electron chi connectivity index (χ3n) is 3.85. The summed E-state index contributed by atoms with van der Waals surface area (Å²) in [4.78, 5) is 12.0. The van der Waals surface area contributed by atoms with Gasteiger partial charge in [-0.3, -0.25) is 4.57 Å². The van der Waals surface area contributed by atoms with Gasteiger partial charge >= 0.3 is 0 Å². The Balaban J connectivity index is 2.01. The largest absolute Gasteiger partial charge is 0.387 e. The number of anilines is 2. The molecule has 1 fully saturated rings. The fourth-order valence-corrected chi connectivity index (χ4v) is 2.58. The third kappa shape index (κ3) is 2.16. The number of methoxy groups -OCH3 is 1. The first-order valence-corrected chi connectivity index (χ1v) is 6.74. The highest BCUT2D eigenvalue weighted by atomic mass is 16.6. The second-order valence-electron chi connectivity index (χ2n) is 5.20. The lowest BCUT2D eigenvalue weighted by Gasteiger charge is -2.20. The molecule has 0 bridgehead atoms. The van der Waals surface area contributed by atoms with Crippen molar-refractivity contribution in [2.75, 3.05) is 18.6 Å². The molecule has 2 aromatic rings. The summed E-state index contributed by atoms with van der Waals surface area (Å²) in [6, 6.07) is 0. The molecule has 0 saturated carbocycles. The van der Waals surface area contributed by atoms with Crippen molar-refractivity contribution >= 4 is 22.9 Å². The Kier molecular flexibility index (Phi) is 3.60. The fraction of sp³-hybridized carbons (Fsp3) is 0.583. The number of hydrogen-bond acceptors (Lipinski definition) is 9. The van der Waals surface area contributed by atoms with Crippen molar-refractivity contribution in [2.45, 2.75) is 37.6 Å². The van der Waals surface area contributed by atoms with Gasteiger partial charge in [0.2, 0.25) is 5.95 Å². The standard InChI is InChI=1S/C12H18N6O4/c1-4(21-2)8-6(19)7(20)11(22-8)18-3-15-5-9(13)16-12(14)17-10(5)18/h3-4,6-8,11,19-20H,1-2H3,(H4,13,14,16,17)/t4?,6-,7+,8+,11+/m0/s1. The molecule has 120 valence electrons. The SMILES string of the molecule is COC(C)[C@H]1O[C@@H](n2cnc3c(N)nc(N)nc32)[C@H](O)[C@@H]1O. The molecule has 1 unspecified atom stereocenters. The summed E-state index contributed by atoms with van der Waals surface area (Å²) in [5.74, 6) is 0.123. The van der Waals surface area contributed by atoms with Gasteiger partial charge < -0.3 is 31.2 Å². The van der Waals surface area contributed by atoms with Gasteiger partial charge in [-0.15, -0.1) is 0 Å². The fourth-order valence-electron chi connectivity index (χ4n) is 2.58. The first kappa shape index (κ1) is 14.9. The van der Waals surface area contributed by atoms with Crippen LogP contribution in [0.3, 0.4) is 0 Å². The van der Waals surface area contributed by atoms with E-state index in [-0.39, 0.29) is 11.8 Å². The molecule has 1 saturated heterocycles. The van der Waals surface area contributed by atoms with Gasteiger partial charge in [0.15, 0.2) is 17.7 Å². The van der Waals surface area contributed by atoms with E-state index in [4.69, 9.17) is 20.9 Å². The second-order valence-corrected chi connectivity index (χ2v) is 5.20. The molecule has 3 rings (SSSR count). The average Bonchev–Trinajstić information content (AvgIpc) is 3.01. The predicted molar refractivity (Wildman–Crippen MR) is 76.5 cm³/mol. The molecular formula is C12H18N6O4. The van der Waals surface area contributed by atoms with Gasteiger partial charge in [0, 0.05) is 7.11 Å². The summed E-state index contributed by atoms with van der Waals surface area (Å²) in [6.45, 7) is 1.74. The Morgan fingerprint density at radius 1 is 1.32 bits per heavy atom. The Bertz CT molecular complexity index is 692. The van der Waals surface area contributed by atoms with Crippen molar-refractivity contribution in [3.8, 4) is 0 Å². The van der Waals surface area contributed by atoms with Crippen molar-refractivity contribution in [3.63, 3.8) is 0 Å². The normalized spacial score (nSPS) is 30.0. The van der Waals surface area contributed by atoms with E-state index < -0.39 is 30.6 Å². The van der Waals surface area contributed by atoms with Crippen LogP contribution in [0.4, 0.5) is 11.8 Å². The zero-order valence-corrected chi connectivity index (χ0v) is 12.1. The van der Waals surface area contributed by atoms with E-state index in [2.05, 4.69) is 15.0 Å². The molecule has 0 aromatic carbocycles. The average molecular weight is 310 g/mol. The topological polar surface area (TPSA) is 155 Å². The van der Waals surface area contributed by atoms with Crippen LogP contribution in [0, 0.1) is 0 Å². The van der Waals surface area contributed by atoms with Crippen molar-refractivity contribution in [1.29, 1.82) is 0 Å². The summed E-state index contributed by atoms with van der Waals surface area (Å²) in [7, 11) is 1.50. The molecule has 22 heavy (non-hydrogen) atoms. The summed E-state index contributed by atoms with van der Waals surface area (Å²) in [5.41, 5.74) is 12.0. The second kappa shape index (κ2) is 5.32. The minimum atomic E-state index is -1.17. The summed E-state index contributed by atoms with van der Waals surface area (Å²) >= 11 is 0. The van der Waals surface area contributed by atoms with Gasteiger partial charge in [0.05, 0.1) is 12.4 Å². The number of ether oxygens (including phenoxy) is 2. The van der Waals surface area contributed by atoms with E-state index in [0.717, 1.165) is 0 Å². The molecule has 10 nitrogen and oxygen atoms in total. The van der Waals surface area contributed by atoms with Crippen molar-refractivity contribution in [2.24, 2.45) is 0 Å². The van der Waals surface area contributed by atoms with Crippen molar-refractivity contribution < 1.29 is 19.7 Å². The number of hydrogen-bond donors (Lipinski definition) is 4. The Labute approximate surface area is 125 Å². The molecule has 0 spiro atoms. The summed E-state index contributed by atoms with van der Waals surface area (Å²) in [5, 5.41) is 20.4. The quantitative estimate of drug-likeness (QED) is 0.538. The smallest absolute Gasteiger partial charge is 0.224 e. The van der Waals surface area contributed by atoms with E-state index in [0.29, 0.717) is 11.2 Å². The Hall–Kier alpha value is -2.01. The summed E-state index contributed by atoms with van der Waals surface area (Å²) in [6.07, 6.45) is -2.81. The van der Waals surface area contributed by atoms with E-state index >= 15 is 0 Å². The Morgan fingerprint density at radius 3 is 2.73 bits per heavy atom. The number of rotatable bonds is 3. The summed E-state index contributed by atoms with van der Waals surface area (Å²) < 4.78 is 12.4. The molecule has 6 N–H and O–H groups in total. The molecule has 1 aliphatic rings. The molecule has 1 aliphatic heterocycles. The van der Waals surface area contributed by atoms with Crippen LogP contribution < -0.4 is 11.5 Å². The molecule has 10 heteroatoms. The van der Waals surface area contributed by atoms with Gasteiger partial charge in [0.1, 0.15) is 23.8 Å². The minimum absolute atomic E-state index is 0.0124. The lowest BCUT2D eigenvalue weighted by Crippen LogP contribution is -2.38. The maximum absolute atomic E-state index is 10.3. The van der Waals surface area contributed by atoms with Gasteiger partial charge in [0.25, 0.3) is 0 Å². The highest BCUT2D eigenvalue weighted by Gasteiger charge is 2.46. The maximum Gasteiger partial charge on any atom is 0.224 e. The van der Waals surface area contributed by atoms with E-state index in [1.165, 1.54) is 18.0 Å². The monoisotopic (exact) mass is 310 g/mol. The van der Waals surface area contributed by atoms with E-state index in [1.807, 2.05) is 0 Å². The van der Waals surface area contributed by atoms with Gasteiger partial charge in [-0.2, -0.15) is 9.97 Å². The number of nitrogens with two attached hydrogens (primary N) is 2. The number of nitrogen functional groups attached to an aromatic ring is 2.